The van der Waals surface area contributed by atoms with E-state index in [0.29, 0.717) is 39.1 Å². The van der Waals surface area contributed by atoms with E-state index in [2.05, 4.69) is 5.32 Å². The second kappa shape index (κ2) is 8.41. The molecule has 2 aliphatic heterocycles. The fraction of sp³-hybridized carbons (Fsp3) is 0.550. The van der Waals surface area contributed by atoms with Gasteiger partial charge >= 0.3 is 6.03 Å². The van der Waals surface area contributed by atoms with Crippen LogP contribution in [0.4, 0.5) is 4.79 Å². The summed E-state index contributed by atoms with van der Waals surface area (Å²) < 4.78 is 0. The van der Waals surface area contributed by atoms with Crippen molar-refractivity contribution in [1.29, 1.82) is 0 Å². The third-order valence-electron chi connectivity index (χ3n) is 5.17. The normalized spacial score (nSPS) is 20.4. The Balaban J connectivity index is 1.68. The van der Waals surface area contributed by atoms with Crippen molar-refractivity contribution >= 4 is 17.8 Å². The van der Waals surface area contributed by atoms with Crippen LogP contribution >= 0.6 is 0 Å². The number of carbonyl (C=O) groups excluding carboxylic acids is 3. The molecule has 7 nitrogen and oxygen atoms in total. The molecule has 0 saturated carbocycles. The molecule has 0 aliphatic carbocycles. The first-order chi connectivity index (χ1) is 13.0. The van der Waals surface area contributed by atoms with Crippen LogP contribution in [0.1, 0.15) is 30.9 Å². The summed E-state index contributed by atoms with van der Waals surface area (Å²) >= 11 is 0. The summed E-state index contributed by atoms with van der Waals surface area (Å²) in [6.07, 6.45) is 1.35. The van der Waals surface area contributed by atoms with Crippen molar-refractivity contribution in [2.45, 2.75) is 39.3 Å². The van der Waals surface area contributed by atoms with E-state index < -0.39 is 6.04 Å². The van der Waals surface area contributed by atoms with Gasteiger partial charge in [0.05, 0.1) is 0 Å². The lowest BCUT2D eigenvalue weighted by atomic mass is 10.1. The third kappa shape index (κ3) is 4.40. The predicted molar refractivity (Wildman–Crippen MR) is 102 cm³/mol. The van der Waals surface area contributed by atoms with E-state index >= 15 is 0 Å². The lowest BCUT2D eigenvalue weighted by Crippen LogP contribution is -2.59. The van der Waals surface area contributed by atoms with E-state index in [0.717, 1.165) is 17.5 Å². The summed E-state index contributed by atoms with van der Waals surface area (Å²) in [5.41, 5.74) is 2.16. The second-order valence-corrected chi connectivity index (χ2v) is 7.29. The van der Waals surface area contributed by atoms with Gasteiger partial charge in [0.25, 0.3) is 0 Å². The Kier molecular flexibility index (Phi) is 5.98. The van der Waals surface area contributed by atoms with Crippen molar-refractivity contribution in [1.82, 2.24) is 20.0 Å². The molecule has 2 heterocycles. The van der Waals surface area contributed by atoms with Crippen LogP contribution in [0, 0.1) is 6.92 Å². The number of fused-ring (bicyclic) bond motifs is 1. The molecule has 0 aromatic heterocycles. The standard InChI is InChI=1S/C20H28N4O3/c1-3-8-21-20(27)22-9-7-17-19(26)23(14-18(25)24(17)11-10-22)13-16-6-4-5-15(2)12-16/h4-6,12,17H,3,7-11,13-14H2,1-2H3,(H,21,27). The van der Waals surface area contributed by atoms with E-state index in [-0.39, 0.29) is 24.4 Å². The van der Waals surface area contributed by atoms with Crippen LogP contribution in [0.15, 0.2) is 24.3 Å². The van der Waals surface area contributed by atoms with Gasteiger partial charge < -0.3 is 20.0 Å². The molecule has 0 radical (unpaired) electrons. The van der Waals surface area contributed by atoms with Crippen LogP contribution in [0.25, 0.3) is 0 Å². The van der Waals surface area contributed by atoms with Gasteiger partial charge in [-0.2, -0.15) is 0 Å². The Hall–Kier alpha value is -2.57. The molecule has 1 unspecified atom stereocenters. The first-order valence-electron chi connectivity index (χ1n) is 9.66. The fourth-order valence-corrected chi connectivity index (χ4v) is 3.74. The average Bonchev–Trinajstić information content (AvgIpc) is 2.88. The molecular weight excluding hydrogens is 344 g/mol. The number of piperazine rings is 1. The molecule has 0 spiro atoms. The molecule has 2 saturated heterocycles. The van der Waals surface area contributed by atoms with Crippen LogP contribution in [0.2, 0.25) is 0 Å². The van der Waals surface area contributed by atoms with Gasteiger partial charge in [-0.05, 0) is 25.3 Å². The number of carbonyl (C=O) groups is 3. The highest BCUT2D eigenvalue weighted by molar-refractivity contribution is 5.95. The van der Waals surface area contributed by atoms with Crippen molar-refractivity contribution in [2.75, 3.05) is 32.7 Å². The van der Waals surface area contributed by atoms with Crippen LogP contribution < -0.4 is 5.32 Å². The van der Waals surface area contributed by atoms with Crippen LogP contribution in [-0.4, -0.2) is 71.3 Å². The summed E-state index contributed by atoms with van der Waals surface area (Å²) in [6, 6.07) is 7.40. The van der Waals surface area contributed by atoms with Gasteiger partial charge in [-0.25, -0.2) is 4.79 Å². The highest BCUT2D eigenvalue weighted by Gasteiger charge is 2.41. The Labute approximate surface area is 160 Å². The molecule has 3 rings (SSSR count). The Morgan fingerprint density at radius 1 is 1.22 bits per heavy atom. The molecule has 27 heavy (non-hydrogen) atoms. The summed E-state index contributed by atoms with van der Waals surface area (Å²) in [7, 11) is 0. The smallest absolute Gasteiger partial charge is 0.317 e. The number of hydrogen-bond acceptors (Lipinski definition) is 3. The molecule has 1 atom stereocenters. The van der Waals surface area contributed by atoms with E-state index in [1.807, 2.05) is 38.1 Å². The van der Waals surface area contributed by atoms with Crippen LogP contribution in [0.5, 0.6) is 0 Å². The zero-order valence-corrected chi connectivity index (χ0v) is 16.1. The quantitative estimate of drug-likeness (QED) is 0.867. The lowest BCUT2D eigenvalue weighted by molar-refractivity contribution is -0.156. The maximum absolute atomic E-state index is 13.0. The third-order valence-corrected chi connectivity index (χ3v) is 5.17. The van der Waals surface area contributed by atoms with Gasteiger partial charge in [-0.3, -0.25) is 9.59 Å². The number of benzene rings is 1. The van der Waals surface area contributed by atoms with Crippen molar-refractivity contribution in [3.8, 4) is 0 Å². The van der Waals surface area contributed by atoms with Crippen molar-refractivity contribution < 1.29 is 14.4 Å². The molecule has 1 aromatic rings. The van der Waals surface area contributed by atoms with E-state index in [1.165, 1.54) is 0 Å². The number of aryl methyl sites for hydroxylation is 1. The van der Waals surface area contributed by atoms with E-state index in [4.69, 9.17) is 0 Å². The van der Waals surface area contributed by atoms with Crippen molar-refractivity contribution in [3.05, 3.63) is 35.4 Å². The summed E-state index contributed by atoms with van der Waals surface area (Å²) in [5, 5.41) is 2.87. The molecule has 2 aliphatic rings. The predicted octanol–water partition coefficient (Wildman–Crippen LogP) is 1.36. The van der Waals surface area contributed by atoms with Gasteiger partial charge in [0.2, 0.25) is 11.8 Å². The topological polar surface area (TPSA) is 73.0 Å². The number of rotatable bonds is 4. The number of amides is 4. The minimum atomic E-state index is -0.472. The minimum absolute atomic E-state index is 0.0214. The first-order valence-corrected chi connectivity index (χ1v) is 9.66. The zero-order valence-electron chi connectivity index (χ0n) is 16.1. The average molecular weight is 372 g/mol. The molecular formula is C20H28N4O3. The Morgan fingerprint density at radius 2 is 2.04 bits per heavy atom. The molecule has 2 fully saturated rings. The largest absolute Gasteiger partial charge is 0.338 e. The number of hydrogen-bond donors (Lipinski definition) is 1. The van der Waals surface area contributed by atoms with Crippen molar-refractivity contribution in [2.24, 2.45) is 0 Å². The zero-order chi connectivity index (χ0) is 19.4. The second-order valence-electron chi connectivity index (χ2n) is 7.29. The van der Waals surface area contributed by atoms with Crippen LogP contribution in [0.3, 0.4) is 0 Å². The van der Waals surface area contributed by atoms with Gasteiger partial charge in [-0.1, -0.05) is 36.8 Å². The minimum Gasteiger partial charge on any atom is -0.338 e. The number of nitrogens with zero attached hydrogens (tertiary/aromatic N) is 3. The van der Waals surface area contributed by atoms with Gasteiger partial charge in [0.15, 0.2) is 0 Å². The highest BCUT2D eigenvalue weighted by atomic mass is 16.2. The van der Waals surface area contributed by atoms with Crippen LogP contribution in [-0.2, 0) is 16.1 Å². The molecule has 146 valence electrons. The molecule has 1 aromatic carbocycles. The Bertz CT molecular complexity index is 721. The van der Waals surface area contributed by atoms with E-state index in [9.17, 15) is 14.4 Å². The van der Waals surface area contributed by atoms with Gasteiger partial charge in [0, 0.05) is 32.7 Å². The van der Waals surface area contributed by atoms with Crippen molar-refractivity contribution in [3.63, 3.8) is 0 Å². The SMILES string of the molecule is CCCNC(=O)N1CCC2C(=O)N(Cc3cccc(C)c3)CC(=O)N2CC1. The maximum atomic E-state index is 13.0. The Morgan fingerprint density at radius 3 is 2.78 bits per heavy atom. The highest BCUT2D eigenvalue weighted by Crippen LogP contribution is 2.21. The number of nitrogens with one attached hydrogen (secondary N) is 1. The molecule has 4 amide bonds. The maximum Gasteiger partial charge on any atom is 0.317 e. The monoisotopic (exact) mass is 372 g/mol. The summed E-state index contributed by atoms with van der Waals surface area (Å²) in [4.78, 5) is 42.9. The van der Waals surface area contributed by atoms with E-state index in [1.54, 1.807) is 14.7 Å². The fourth-order valence-electron chi connectivity index (χ4n) is 3.74. The van der Waals surface area contributed by atoms with Gasteiger partial charge in [0.1, 0.15) is 12.6 Å². The molecule has 0 bridgehead atoms. The molecule has 7 heteroatoms. The van der Waals surface area contributed by atoms with Gasteiger partial charge in [-0.15, -0.1) is 0 Å². The number of urea groups is 1. The summed E-state index contributed by atoms with van der Waals surface area (Å²) in [5.74, 6) is -0.0602. The first kappa shape index (κ1) is 19.2. The summed E-state index contributed by atoms with van der Waals surface area (Å²) in [6.45, 7) is 6.54. The molecule has 1 N–H and O–H groups in total. The lowest BCUT2D eigenvalue weighted by Gasteiger charge is -2.39.